The summed E-state index contributed by atoms with van der Waals surface area (Å²) in [5, 5.41) is 4.14. The van der Waals surface area contributed by atoms with Crippen molar-refractivity contribution in [3.8, 4) is 0 Å². The van der Waals surface area contributed by atoms with Gasteiger partial charge in [0.1, 0.15) is 0 Å². The maximum Gasteiger partial charge on any atom is 0.0803 e. The van der Waals surface area contributed by atoms with Crippen LogP contribution in [-0.4, -0.2) is 9.59 Å². The molecule has 0 saturated heterocycles. The average molecular weight is 227 g/mol. The first-order valence-electron chi connectivity index (χ1n) is 5.86. The Morgan fingerprint density at radius 3 is 2.73 bits per heavy atom. The molecule has 2 N–H and O–H groups in total. The molecular weight excluding hydrogens is 206 g/mol. The zero-order valence-corrected chi connectivity index (χ0v) is 10.5. The van der Waals surface area contributed by atoms with Crippen LogP contribution < -0.4 is 5.73 Å². The number of aryl methyl sites for hydroxylation is 1. The average Bonchev–Trinajstić information content (AvgIpc) is 2.67. The summed E-state index contributed by atoms with van der Waals surface area (Å²) in [4.78, 5) is 1.20. The summed E-state index contributed by atoms with van der Waals surface area (Å²) < 4.78 is 4.00. The number of rotatable bonds is 7. The Kier molecular flexibility index (Phi) is 5.79. The molecule has 0 amide bonds. The summed E-state index contributed by atoms with van der Waals surface area (Å²) in [7, 11) is 0. The molecule has 1 aromatic rings. The molecule has 1 rings (SSSR count). The third kappa shape index (κ3) is 3.87. The smallest absolute Gasteiger partial charge is 0.0803 e. The van der Waals surface area contributed by atoms with Crippen LogP contribution in [0.15, 0.2) is 0 Å². The van der Waals surface area contributed by atoms with E-state index >= 15 is 0 Å². The standard InChI is InChI=1S/C11H21N3S/c1-3-5-6-8-9(12)11-10(7-4-2)13-14-15-11/h9H,3-8,12H2,1-2H3. The van der Waals surface area contributed by atoms with E-state index in [1.165, 1.54) is 35.7 Å². The molecule has 0 fully saturated rings. The van der Waals surface area contributed by atoms with Gasteiger partial charge < -0.3 is 5.73 Å². The fourth-order valence-electron chi connectivity index (χ4n) is 1.65. The number of nitrogens with zero attached hydrogens (tertiary/aromatic N) is 2. The predicted octanol–water partition coefficient (Wildman–Crippen LogP) is 3.07. The molecule has 0 aliphatic heterocycles. The first kappa shape index (κ1) is 12.6. The minimum atomic E-state index is 0.151. The van der Waals surface area contributed by atoms with Crippen LogP contribution in [0.5, 0.6) is 0 Å². The molecule has 1 heterocycles. The van der Waals surface area contributed by atoms with Crippen molar-refractivity contribution in [3.63, 3.8) is 0 Å². The highest BCUT2D eigenvalue weighted by molar-refractivity contribution is 7.05. The molecule has 0 saturated carbocycles. The van der Waals surface area contributed by atoms with Crippen LogP contribution in [-0.2, 0) is 6.42 Å². The highest BCUT2D eigenvalue weighted by Crippen LogP contribution is 2.23. The molecule has 3 nitrogen and oxygen atoms in total. The molecule has 0 radical (unpaired) electrons. The molecule has 0 aliphatic carbocycles. The van der Waals surface area contributed by atoms with Crippen LogP contribution in [0.1, 0.15) is 62.6 Å². The summed E-state index contributed by atoms with van der Waals surface area (Å²) in [5.74, 6) is 0. The Bertz CT molecular complexity index is 273. The zero-order chi connectivity index (χ0) is 11.1. The molecule has 0 spiro atoms. The van der Waals surface area contributed by atoms with Crippen LogP contribution in [0, 0.1) is 0 Å². The van der Waals surface area contributed by atoms with Crippen molar-refractivity contribution in [2.45, 2.75) is 58.4 Å². The second-order valence-corrected chi connectivity index (χ2v) is 4.72. The van der Waals surface area contributed by atoms with Crippen molar-refractivity contribution in [2.75, 3.05) is 0 Å². The molecule has 86 valence electrons. The first-order valence-corrected chi connectivity index (χ1v) is 6.63. The second kappa shape index (κ2) is 6.90. The Morgan fingerprint density at radius 1 is 1.27 bits per heavy atom. The van der Waals surface area contributed by atoms with Gasteiger partial charge in [0.05, 0.1) is 10.6 Å². The van der Waals surface area contributed by atoms with E-state index in [0.29, 0.717) is 0 Å². The van der Waals surface area contributed by atoms with Crippen molar-refractivity contribution >= 4 is 11.5 Å². The number of hydrogen-bond donors (Lipinski definition) is 1. The van der Waals surface area contributed by atoms with E-state index in [1.807, 2.05) is 0 Å². The van der Waals surface area contributed by atoms with E-state index in [4.69, 9.17) is 5.73 Å². The highest BCUT2D eigenvalue weighted by atomic mass is 32.1. The predicted molar refractivity (Wildman–Crippen MR) is 65.0 cm³/mol. The summed E-state index contributed by atoms with van der Waals surface area (Å²) in [5.41, 5.74) is 7.26. The largest absolute Gasteiger partial charge is 0.323 e. The third-order valence-electron chi connectivity index (χ3n) is 2.53. The molecule has 1 atom stereocenters. The van der Waals surface area contributed by atoms with Crippen molar-refractivity contribution in [1.82, 2.24) is 9.59 Å². The van der Waals surface area contributed by atoms with Gasteiger partial charge in [-0.25, -0.2) is 0 Å². The first-order chi connectivity index (χ1) is 7.29. The summed E-state index contributed by atoms with van der Waals surface area (Å²) in [6.07, 6.45) is 6.90. The van der Waals surface area contributed by atoms with Crippen molar-refractivity contribution in [2.24, 2.45) is 5.73 Å². The minimum Gasteiger partial charge on any atom is -0.323 e. The fraction of sp³-hybridized carbons (Fsp3) is 0.818. The molecular formula is C11H21N3S. The van der Waals surface area contributed by atoms with Gasteiger partial charge in [-0.05, 0) is 24.4 Å². The lowest BCUT2D eigenvalue weighted by Gasteiger charge is -2.09. The van der Waals surface area contributed by atoms with Gasteiger partial charge in [0.25, 0.3) is 0 Å². The van der Waals surface area contributed by atoms with E-state index in [-0.39, 0.29) is 6.04 Å². The van der Waals surface area contributed by atoms with E-state index in [0.717, 1.165) is 25.0 Å². The van der Waals surface area contributed by atoms with Gasteiger partial charge in [0.15, 0.2) is 0 Å². The quantitative estimate of drug-likeness (QED) is 0.728. The van der Waals surface area contributed by atoms with Gasteiger partial charge in [-0.2, -0.15) is 0 Å². The van der Waals surface area contributed by atoms with Gasteiger partial charge in [-0.15, -0.1) is 5.10 Å². The maximum absolute atomic E-state index is 6.14. The van der Waals surface area contributed by atoms with Crippen LogP contribution in [0.4, 0.5) is 0 Å². The van der Waals surface area contributed by atoms with Gasteiger partial charge in [-0.3, -0.25) is 0 Å². The topological polar surface area (TPSA) is 51.8 Å². The van der Waals surface area contributed by atoms with Gasteiger partial charge in [-0.1, -0.05) is 44.0 Å². The van der Waals surface area contributed by atoms with Crippen LogP contribution in [0.2, 0.25) is 0 Å². The number of unbranched alkanes of at least 4 members (excludes halogenated alkanes) is 2. The Labute approximate surface area is 96.2 Å². The molecule has 15 heavy (non-hydrogen) atoms. The van der Waals surface area contributed by atoms with Gasteiger partial charge in [0.2, 0.25) is 0 Å². The summed E-state index contributed by atoms with van der Waals surface area (Å²) >= 11 is 1.47. The normalized spacial score (nSPS) is 13.0. The van der Waals surface area contributed by atoms with Crippen LogP contribution in [0.25, 0.3) is 0 Å². The lowest BCUT2D eigenvalue weighted by atomic mass is 10.1. The van der Waals surface area contributed by atoms with Crippen molar-refractivity contribution in [3.05, 3.63) is 10.6 Å². The monoisotopic (exact) mass is 227 g/mol. The van der Waals surface area contributed by atoms with Crippen LogP contribution in [0.3, 0.4) is 0 Å². The minimum absolute atomic E-state index is 0.151. The molecule has 4 heteroatoms. The van der Waals surface area contributed by atoms with E-state index in [2.05, 4.69) is 23.4 Å². The third-order valence-corrected chi connectivity index (χ3v) is 3.43. The van der Waals surface area contributed by atoms with E-state index < -0.39 is 0 Å². The second-order valence-electron chi connectivity index (χ2n) is 3.94. The SMILES string of the molecule is CCCCCC(N)c1snnc1CCC. The number of aromatic nitrogens is 2. The lowest BCUT2D eigenvalue weighted by Crippen LogP contribution is -2.10. The van der Waals surface area contributed by atoms with Gasteiger partial charge in [0, 0.05) is 6.04 Å². The molecule has 1 unspecified atom stereocenters. The Morgan fingerprint density at radius 2 is 2.07 bits per heavy atom. The Balaban J connectivity index is 2.48. The molecule has 0 bridgehead atoms. The lowest BCUT2D eigenvalue weighted by molar-refractivity contribution is 0.582. The fourth-order valence-corrected chi connectivity index (χ4v) is 2.38. The van der Waals surface area contributed by atoms with E-state index in [1.54, 1.807) is 0 Å². The zero-order valence-electron chi connectivity index (χ0n) is 9.70. The van der Waals surface area contributed by atoms with Gasteiger partial charge >= 0.3 is 0 Å². The number of nitrogens with two attached hydrogens (primary N) is 1. The number of hydrogen-bond acceptors (Lipinski definition) is 4. The van der Waals surface area contributed by atoms with Crippen molar-refractivity contribution in [1.29, 1.82) is 0 Å². The molecule has 1 aromatic heterocycles. The van der Waals surface area contributed by atoms with Crippen LogP contribution >= 0.6 is 11.5 Å². The summed E-state index contributed by atoms with van der Waals surface area (Å²) in [6.45, 7) is 4.37. The summed E-state index contributed by atoms with van der Waals surface area (Å²) in [6, 6.07) is 0.151. The van der Waals surface area contributed by atoms with Crippen molar-refractivity contribution < 1.29 is 0 Å². The molecule has 0 aromatic carbocycles. The maximum atomic E-state index is 6.14. The molecule has 0 aliphatic rings. The highest BCUT2D eigenvalue weighted by Gasteiger charge is 2.14. The Hall–Kier alpha value is -0.480. The van der Waals surface area contributed by atoms with E-state index in [9.17, 15) is 0 Å².